The van der Waals surface area contributed by atoms with Crippen LogP contribution in [0.15, 0.2) is 18.2 Å². The molecule has 1 aliphatic rings. The Morgan fingerprint density at radius 1 is 1.56 bits per heavy atom. The highest BCUT2D eigenvalue weighted by Gasteiger charge is 2.25. The molecule has 0 aliphatic carbocycles. The van der Waals surface area contributed by atoms with Crippen LogP contribution < -0.4 is 20.9 Å². The molecular formula is C11H12ClN3O3. The third kappa shape index (κ3) is 2.55. The molecule has 0 saturated carbocycles. The molecule has 1 aliphatic heterocycles. The lowest BCUT2D eigenvalue weighted by atomic mass is 10.2. The number of nitrogens with one attached hydrogen (secondary N) is 1. The number of nitrogens with zero attached hydrogens (tertiary/aromatic N) is 1. The largest absolute Gasteiger partial charge is 0.482 e. The van der Waals surface area contributed by atoms with Gasteiger partial charge in [0.15, 0.2) is 6.61 Å². The number of hydrogen-bond donors (Lipinski definition) is 2. The van der Waals surface area contributed by atoms with Crippen LogP contribution in [0.1, 0.15) is 6.42 Å². The molecule has 2 amide bonds. The lowest BCUT2D eigenvalue weighted by Crippen LogP contribution is -2.41. The zero-order valence-corrected chi connectivity index (χ0v) is 10.2. The molecule has 0 spiro atoms. The number of nitrogens with two attached hydrogens (primary N) is 1. The number of carbonyl (C=O) groups is 2. The first-order valence-electron chi connectivity index (χ1n) is 5.34. The average molecular weight is 270 g/mol. The topological polar surface area (TPSA) is 84.7 Å². The van der Waals surface area contributed by atoms with Crippen LogP contribution >= 0.6 is 11.6 Å². The number of hydrazine groups is 1. The number of fused-ring (bicyclic) bond motifs is 1. The van der Waals surface area contributed by atoms with Crippen molar-refractivity contribution < 1.29 is 14.3 Å². The summed E-state index contributed by atoms with van der Waals surface area (Å²) in [6.07, 6.45) is 0.119. The molecule has 2 rings (SSSR count). The van der Waals surface area contributed by atoms with Gasteiger partial charge in [0.05, 0.1) is 5.69 Å². The van der Waals surface area contributed by atoms with E-state index in [0.29, 0.717) is 16.5 Å². The minimum absolute atomic E-state index is 0.0428. The Balaban J connectivity index is 2.21. The summed E-state index contributed by atoms with van der Waals surface area (Å²) in [4.78, 5) is 24.3. The smallest absolute Gasteiger partial charge is 0.265 e. The van der Waals surface area contributed by atoms with Crippen molar-refractivity contribution in [2.24, 2.45) is 5.84 Å². The van der Waals surface area contributed by atoms with E-state index in [9.17, 15) is 9.59 Å². The fourth-order valence-corrected chi connectivity index (χ4v) is 1.87. The maximum atomic E-state index is 11.8. The second-order valence-corrected chi connectivity index (χ2v) is 4.20. The highest BCUT2D eigenvalue weighted by atomic mass is 35.5. The van der Waals surface area contributed by atoms with E-state index in [-0.39, 0.29) is 31.4 Å². The Kier molecular flexibility index (Phi) is 3.69. The fourth-order valence-electron chi connectivity index (χ4n) is 1.71. The standard InChI is InChI=1S/C11H12ClN3O3/c12-7-1-2-9-8(5-7)15(11(17)6-18-9)4-3-10(16)14-13/h1-2,5H,3-4,6,13H2,(H,14,16). The van der Waals surface area contributed by atoms with Crippen LogP contribution in [0.25, 0.3) is 0 Å². The molecule has 0 fully saturated rings. The van der Waals surface area contributed by atoms with Crippen molar-refractivity contribution in [1.29, 1.82) is 0 Å². The second-order valence-electron chi connectivity index (χ2n) is 3.76. The van der Waals surface area contributed by atoms with E-state index < -0.39 is 0 Å². The predicted octanol–water partition coefficient (Wildman–Crippen LogP) is 0.445. The minimum Gasteiger partial charge on any atom is -0.482 e. The molecule has 0 aromatic heterocycles. The van der Waals surface area contributed by atoms with Crippen LogP contribution in [0, 0.1) is 0 Å². The summed E-state index contributed by atoms with van der Waals surface area (Å²) in [7, 11) is 0. The van der Waals surface area contributed by atoms with Crippen molar-refractivity contribution in [3.8, 4) is 5.75 Å². The first-order chi connectivity index (χ1) is 8.61. The van der Waals surface area contributed by atoms with Crippen molar-refractivity contribution in [2.45, 2.75) is 6.42 Å². The Hall–Kier alpha value is -1.79. The van der Waals surface area contributed by atoms with Crippen LogP contribution in [-0.4, -0.2) is 25.0 Å². The first-order valence-corrected chi connectivity index (χ1v) is 5.72. The summed E-state index contributed by atoms with van der Waals surface area (Å²) in [5.41, 5.74) is 2.59. The highest BCUT2D eigenvalue weighted by molar-refractivity contribution is 6.31. The SMILES string of the molecule is NNC(=O)CCN1C(=O)COc2ccc(Cl)cc21. The summed E-state index contributed by atoms with van der Waals surface area (Å²) in [6.45, 7) is 0.192. The van der Waals surface area contributed by atoms with Crippen molar-refractivity contribution in [1.82, 2.24) is 5.43 Å². The summed E-state index contributed by atoms with van der Waals surface area (Å²) in [5, 5.41) is 0.500. The van der Waals surface area contributed by atoms with Crippen molar-refractivity contribution in [2.75, 3.05) is 18.1 Å². The van der Waals surface area contributed by atoms with Gasteiger partial charge >= 0.3 is 0 Å². The molecule has 3 N–H and O–H groups in total. The minimum atomic E-state index is -0.335. The number of amides is 2. The zero-order valence-electron chi connectivity index (χ0n) is 9.48. The Labute approximate surface area is 109 Å². The van der Waals surface area contributed by atoms with E-state index in [1.54, 1.807) is 18.2 Å². The maximum Gasteiger partial charge on any atom is 0.265 e. The number of ether oxygens (including phenoxy) is 1. The van der Waals surface area contributed by atoms with Crippen LogP contribution in [0.4, 0.5) is 5.69 Å². The van der Waals surface area contributed by atoms with E-state index >= 15 is 0 Å². The van der Waals surface area contributed by atoms with Gasteiger partial charge in [-0.1, -0.05) is 11.6 Å². The first kappa shape index (κ1) is 12.7. The molecule has 0 unspecified atom stereocenters. The number of benzene rings is 1. The summed E-state index contributed by atoms with van der Waals surface area (Å²) < 4.78 is 5.28. The monoisotopic (exact) mass is 269 g/mol. The van der Waals surface area contributed by atoms with E-state index in [4.69, 9.17) is 22.2 Å². The molecule has 0 bridgehead atoms. The van der Waals surface area contributed by atoms with Gasteiger partial charge in [0, 0.05) is 18.0 Å². The molecule has 1 aromatic rings. The van der Waals surface area contributed by atoms with Gasteiger partial charge in [0.1, 0.15) is 5.75 Å². The molecule has 1 heterocycles. The van der Waals surface area contributed by atoms with Gasteiger partial charge in [-0.15, -0.1) is 0 Å². The number of rotatable bonds is 3. The van der Waals surface area contributed by atoms with Gasteiger partial charge in [-0.05, 0) is 18.2 Å². The Morgan fingerprint density at radius 2 is 2.33 bits per heavy atom. The van der Waals surface area contributed by atoms with Crippen molar-refractivity contribution >= 4 is 29.1 Å². The van der Waals surface area contributed by atoms with E-state index in [1.165, 1.54) is 4.90 Å². The Morgan fingerprint density at radius 3 is 3.06 bits per heavy atom. The molecule has 6 nitrogen and oxygen atoms in total. The highest BCUT2D eigenvalue weighted by Crippen LogP contribution is 2.34. The quantitative estimate of drug-likeness (QED) is 0.474. The average Bonchev–Trinajstić information content (AvgIpc) is 2.37. The lowest BCUT2D eigenvalue weighted by Gasteiger charge is -2.29. The number of hydrogen-bond acceptors (Lipinski definition) is 4. The molecule has 0 radical (unpaired) electrons. The number of halogens is 1. The van der Waals surface area contributed by atoms with Gasteiger partial charge in [0.2, 0.25) is 5.91 Å². The van der Waals surface area contributed by atoms with E-state index in [1.807, 2.05) is 5.43 Å². The lowest BCUT2D eigenvalue weighted by molar-refractivity contribution is -0.122. The van der Waals surface area contributed by atoms with Crippen LogP contribution in [0.3, 0.4) is 0 Å². The molecule has 96 valence electrons. The number of anilines is 1. The summed E-state index contributed by atoms with van der Waals surface area (Å²) in [5.74, 6) is 5.02. The van der Waals surface area contributed by atoms with E-state index in [0.717, 1.165) is 0 Å². The van der Waals surface area contributed by atoms with Gasteiger partial charge in [-0.3, -0.25) is 15.0 Å². The van der Waals surface area contributed by atoms with Gasteiger partial charge in [-0.2, -0.15) is 0 Å². The normalized spacial score (nSPS) is 13.9. The van der Waals surface area contributed by atoms with Gasteiger partial charge < -0.3 is 9.64 Å². The maximum absolute atomic E-state index is 11.8. The molecule has 18 heavy (non-hydrogen) atoms. The zero-order chi connectivity index (χ0) is 13.1. The third-order valence-corrected chi connectivity index (χ3v) is 2.82. The van der Waals surface area contributed by atoms with Gasteiger partial charge in [0.25, 0.3) is 5.91 Å². The van der Waals surface area contributed by atoms with Crippen LogP contribution in [-0.2, 0) is 9.59 Å². The summed E-state index contributed by atoms with van der Waals surface area (Å²) in [6, 6.07) is 5.01. The van der Waals surface area contributed by atoms with E-state index in [2.05, 4.69) is 0 Å². The second kappa shape index (κ2) is 5.24. The number of carbonyl (C=O) groups excluding carboxylic acids is 2. The molecule has 1 aromatic carbocycles. The predicted molar refractivity (Wildman–Crippen MR) is 66.2 cm³/mol. The van der Waals surface area contributed by atoms with Crippen molar-refractivity contribution in [3.05, 3.63) is 23.2 Å². The molecule has 7 heteroatoms. The third-order valence-electron chi connectivity index (χ3n) is 2.59. The van der Waals surface area contributed by atoms with Gasteiger partial charge in [-0.25, -0.2) is 5.84 Å². The molecular weight excluding hydrogens is 258 g/mol. The van der Waals surface area contributed by atoms with Crippen molar-refractivity contribution in [3.63, 3.8) is 0 Å². The molecule has 0 atom stereocenters. The van der Waals surface area contributed by atoms with Crippen LogP contribution in [0.5, 0.6) is 5.75 Å². The Bertz CT molecular complexity index is 492. The fraction of sp³-hybridized carbons (Fsp3) is 0.273. The van der Waals surface area contributed by atoms with Crippen LogP contribution in [0.2, 0.25) is 5.02 Å². The molecule has 0 saturated heterocycles. The summed E-state index contributed by atoms with van der Waals surface area (Å²) >= 11 is 5.89.